The van der Waals surface area contributed by atoms with Crippen molar-refractivity contribution < 1.29 is 19.1 Å². The maximum Gasteiger partial charge on any atom is 0.340 e. The SMILES string of the molecule is CCCCn1c(C)c(C(=O)OCC)c2cc(OC(=O)C=Cc3ccccc3)c3ccccc3c21. The minimum Gasteiger partial charge on any atom is -0.462 e. The predicted molar refractivity (Wildman–Crippen MR) is 136 cm³/mol. The maximum atomic E-state index is 12.9. The Kier molecular flexibility index (Phi) is 7.12. The Labute approximate surface area is 199 Å². The van der Waals surface area contributed by atoms with Crippen LogP contribution in [-0.2, 0) is 16.1 Å². The van der Waals surface area contributed by atoms with Crippen LogP contribution < -0.4 is 4.74 Å². The molecule has 0 radical (unpaired) electrons. The quantitative estimate of drug-likeness (QED) is 0.169. The average molecular weight is 456 g/mol. The molecule has 5 heteroatoms. The molecule has 5 nitrogen and oxygen atoms in total. The number of unbranched alkanes of at least 4 members (excludes halogenated alkanes) is 1. The smallest absolute Gasteiger partial charge is 0.340 e. The van der Waals surface area contributed by atoms with E-state index in [-0.39, 0.29) is 5.97 Å². The third-order valence-corrected chi connectivity index (χ3v) is 5.92. The third-order valence-electron chi connectivity index (χ3n) is 5.92. The zero-order valence-electron chi connectivity index (χ0n) is 19.8. The topological polar surface area (TPSA) is 57.5 Å². The van der Waals surface area contributed by atoms with E-state index in [1.54, 1.807) is 19.1 Å². The van der Waals surface area contributed by atoms with Crippen molar-refractivity contribution in [3.8, 4) is 5.75 Å². The molecule has 1 heterocycles. The van der Waals surface area contributed by atoms with Crippen LogP contribution in [0.5, 0.6) is 5.75 Å². The van der Waals surface area contributed by atoms with Gasteiger partial charge in [0.15, 0.2) is 0 Å². The standard InChI is InChI=1S/C29H29NO4/c1-4-6-18-30-20(3)27(29(32)33-5-2)24-19-25(22-14-10-11-15-23(22)28(24)30)34-26(31)17-16-21-12-8-7-9-13-21/h7-17,19H,4-6,18H2,1-3H3. The van der Waals surface area contributed by atoms with Gasteiger partial charge in [0.05, 0.1) is 17.7 Å². The number of hydrogen-bond acceptors (Lipinski definition) is 4. The van der Waals surface area contributed by atoms with Crippen molar-refractivity contribution in [3.63, 3.8) is 0 Å². The Bertz CT molecular complexity index is 1370. The van der Waals surface area contributed by atoms with E-state index in [4.69, 9.17) is 9.47 Å². The van der Waals surface area contributed by atoms with E-state index < -0.39 is 5.97 Å². The molecule has 0 N–H and O–H groups in total. The first kappa shape index (κ1) is 23.3. The van der Waals surface area contributed by atoms with Gasteiger partial charge in [-0.05, 0) is 38.0 Å². The molecule has 0 saturated carbocycles. The lowest BCUT2D eigenvalue weighted by atomic mass is 10.0. The maximum absolute atomic E-state index is 12.9. The average Bonchev–Trinajstić information content (AvgIpc) is 3.13. The van der Waals surface area contributed by atoms with Crippen LogP contribution >= 0.6 is 0 Å². The zero-order valence-corrected chi connectivity index (χ0v) is 19.8. The number of aromatic nitrogens is 1. The molecule has 0 aliphatic rings. The Balaban J connectivity index is 1.85. The molecule has 0 spiro atoms. The molecule has 4 rings (SSSR count). The van der Waals surface area contributed by atoms with E-state index in [9.17, 15) is 9.59 Å². The van der Waals surface area contributed by atoms with Crippen LogP contribution in [0.3, 0.4) is 0 Å². The normalized spacial score (nSPS) is 11.4. The molecule has 0 atom stereocenters. The summed E-state index contributed by atoms with van der Waals surface area (Å²) in [5, 5.41) is 2.49. The molecule has 0 aliphatic heterocycles. The van der Waals surface area contributed by atoms with Crippen molar-refractivity contribution >= 4 is 39.7 Å². The summed E-state index contributed by atoms with van der Waals surface area (Å²) in [6.45, 7) is 6.98. The summed E-state index contributed by atoms with van der Waals surface area (Å²) in [4.78, 5) is 25.6. The number of ether oxygens (including phenoxy) is 2. The van der Waals surface area contributed by atoms with Crippen molar-refractivity contribution in [1.29, 1.82) is 0 Å². The Morgan fingerprint density at radius 2 is 1.65 bits per heavy atom. The van der Waals surface area contributed by atoms with Gasteiger partial charge in [-0.2, -0.15) is 0 Å². The van der Waals surface area contributed by atoms with Gasteiger partial charge in [0.1, 0.15) is 5.75 Å². The fourth-order valence-corrected chi connectivity index (χ4v) is 4.32. The van der Waals surface area contributed by atoms with E-state index in [1.807, 2.05) is 61.5 Å². The second-order valence-electron chi connectivity index (χ2n) is 8.17. The summed E-state index contributed by atoms with van der Waals surface area (Å²) in [6.07, 6.45) is 5.16. The highest BCUT2D eigenvalue weighted by Crippen LogP contribution is 2.38. The first-order valence-electron chi connectivity index (χ1n) is 11.7. The molecule has 0 saturated heterocycles. The highest BCUT2D eigenvalue weighted by atomic mass is 16.5. The number of rotatable bonds is 8. The molecular formula is C29H29NO4. The van der Waals surface area contributed by atoms with Gasteiger partial charge in [-0.1, -0.05) is 67.9 Å². The molecule has 1 aromatic heterocycles. The lowest BCUT2D eigenvalue weighted by molar-refractivity contribution is -0.128. The van der Waals surface area contributed by atoms with Crippen molar-refractivity contribution in [1.82, 2.24) is 4.57 Å². The lowest BCUT2D eigenvalue weighted by Crippen LogP contribution is -2.07. The first-order valence-corrected chi connectivity index (χ1v) is 11.7. The molecule has 174 valence electrons. The summed E-state index contributed by atoms with van der Waals surface area (Å²) < 4.78 is 13.4. The van der Waals surface area contributed by atoms with Gasteiger partial charge in [0.25, 0.3) is 0 Å². The molecular weight excluding hydrogens is 426 g/mol. The van der Waals surface area contributed by atoms with E-state index in [1.165, 1.54) is 6.08 Å². The Morgan fingerprint density at radius 3 is 2.35 bits per heavy atom. The van der Waals surface area contributed by atoms with Crippen LogP contribution in [0, 0.1) is 6.92 Å². The molecule has 0 fully saturated rings. The van der Waals surface area contributed by atoms with Crippen LogP contribution in [0.1, 0.15) is 48.3 Å². The van der Waals surface area contributed by atoms with Gasteiger partial charge in [-0.25, -0.2) is 9.59 Å². The molecule has 0 amide bonds. The minimum atomic E-state index is -0.479. The molecule has 0 aliphatic carbocycles. The fourth-order valence-electron chi connectivity index (χ4n) is 4.32. The summed E-state index contributed by atoms with van der Waals surface area (Å²) in [7, 11) is 0. The first-order chi connectivity index (χ1) is 16.5. The molecule has 0 unspecified atom stereocenters. The molecule has 0 bridgehead atoms. The number of hydrogen-bond donors (Lipinski definition) is 0. The summed E-state index contributed by atoms with van der Waals surface area (Å²) in [6, 6.07) is 19.2. The second kappa shape index (κ2) is 10.4. The highest BCUT2D eigenvalue weighted by Gasteiger charge is 2.24. The largest absolute Gasteiger partial charge is 0.462 e. The number of carbonyl (C=O) groups excluding carboxylic acids is 2. The minimum absolute atomic E-state index is 0.291. The van der Waals surface area contributed by atoms with Crippen molar-refractivity contribution in [3.05, 3.63) is 83.6 Å². The molecule has 4 aromatic rings. The van der Waals surface area contributed by atoms with E-state index >= 15 is 0 Å². The monoisotopic (exact) mass is 455 g/mol. The third kappa shape index (κ3) is 4.60. The van der Waals surface area contributed by atoms with E-state index in [0.29, 0.717) is 17.9 Å². The van der Waals surface area contributed by atoms with Crippen LogP contribution in [0.2, 0.25) is 0 Å². The van der Waals surface area contributed by atoms with Gasteiger partial charge in [-0.15, -0.1) is 0 Å². The summed E-state index contributed by atoms with van der Waals surface area (Å²) in [5.41, 5.74) is 3.26. The highest BCUT2D eigenvalue weighted by molar-refractivity contribution is 6.16. The second-order valence-corrected chi connectivity index (χ2v) is 8.17. The zero-order chi connectivity index (χ0) is 24.1. The number of carbonyl (C=O) groups is 2. The van der Waals surface area contributed by atoms with Gasteiger partial charge in [0, 0.05) is 34.5 Å². The Hall–Kier alpha value is -3.86. The van der Waals surface area contributed by atoms with Crippen LogP contribution in [0.25, 0.3) is 27.8 Å². The number of esters is 2. The number of nitrogens with zero attached hydrogens (tertiary/aromatic N) is 1. The van der Waals surface area contributed by atoms with Crippen molar-refractivity contribution in [2.75, 3.05) is 6.61 Å². The van der Waals surface area contributed by atoms with Gasteiger partial charge in [-0.3, -0.25) is 0 Å². The predicted octanol–water partition coefficient (Wildman–Crippen LogP) is 6.70. The van der Waals surface area contributed by atoms with Crippen LogP contribution in [-0.4, -0.2) is 23.1 Å². The summed E-state index contributed by atoms with van der Waals surface area (Å²) in [5.74, 6) is -0.422. The van der Waals surface area contributed by atoms with Crippen LogP contribution in [0.4, 0.5) is 0 Å². The molecule has 3 aromatic carbocycles. The Morgan fingerprint density at radius 1 is 0.941 bits per heavy atom. The number of fused-ring (bicyclic) bond motifs is 3. The van der Waals surface area contributed by atoms with E-state index in [2.05, 4.69) is 11.5 Å². The van der Waals surface area contributed by atoms with Crippen molar-refractivity contribution in [2.24, 2.45) is 0 Å². The fraction of sp³-hybridized carbons (Fsp3) is 0.241. The summed E-state index contributed by atoms with van der Waals surface area (Å²) >= 11 is 0. The number of aryl methyl sites for hydroxylation is 1. The number of benzene rings is 3. The van der Waals surface area contributed by atoms with Gasteiger partial charge >= 0.3 is 11.9 Å². The molecule has 34 heavy (non-hydrogen) atoms. The van der Waals surface area contributed by atoms with Gasteiger partial charge in [0.2, 0.25) is 0 Å². The van der Waals surface area contributed by atoms with Crippen LogP contribution in [0.15, 0.2) is 66.7 Å². The van der Waals surface area contributed by atoms with E-state index in [0.717, 1.165) is 52.3 Å². The van der Waals surface area contributed by atoms with Crippen molar-refractivity contribution in [2.45, 2.75) is 40.2 Å². The van der Waals surface area contributed by atoms with Gasteiger partial charge < -0.3 is 14.0 Å². The lowest BCUT2D eigenvalue weighted by Gasteiger charge is -2.12.